The molecule has 0 bridgehead atoms. The number of para-hydroxylation sites is 1. The van der Waals surface area contributed by atoms with Crippen LogP contribution >= 0.6 is 0 Å². The van der Waals surface area contributed by atoms with Gasteiger partial charge in [0.2, 0.25) is 0 Å². The Morgan fingerprint density at radius 2 is 1.15 bits per heavy atom. The second-order valence-corrected chi connectivity index (χ2v) is 5.98. The molecule has 0 saturated carbocycles. The van der Waals surface area contributed by atoms with Gasteiger partial charge in [-0.3, -0.25) is 9.97 Å². The van der Waals surface area contributed by atoms with Gasteiger partial charge in [0.1, 0.15) is 0 Å². The normalized spacial score (nSPS) is 9.93. The van der Waals surface area contributed by atoms with Crippen molar-refractivity contribution in [2.75, 3.05) is 0 Å². The number of rotatable bonds is 1. The van der Waals surface area contributed by atoms with E-state index in [9.17, 15) is 0 Å². The maximum atomic E-state index is 4.48. The third kappa shape index (κ3) is 4.65. The quantitative estimate of drug-likeness (QED) is 0.263. The van der Waals surface area contributed by atoms with Crippen LogP contribution in [-0.2, 0) is 20.1 Å². The zero-order valence-corrected chi connectivity index (χ0v) is 17.0. The molecule has 5 rings (SSSR count). The van der Waals surface area contributed by atoms with Crippen molar-refractivity contribution in [3.8, 4) is 11.3 Å². The molecular weight excluding hydrogens is 508 g/mol. The molecule has 0 spiro atoms. The molecule has 0 aliphatic rings. The van der Waals surface area contributed by atoms with E-state index in [1.165, 1.54) is 16.2 Å². The topological polar surface area (TPSA) is 25.8 Å². The van der Waals surface area contributed by atoms with E-state index in [0.717, 1.165) is 16.8 Å². The Hall–Kier alpha value is -2.87. The van der Waals surface area contributed by atoms with E-state index in [4.69, 9.17) is 0 Å². The average Bonchev–Trinajstić information content (AvgIpc) is 2.74. The molecular formula is C24H18IrN2. The number of benzene rings is 3. The average molecular weight is 527 g/mol. The van der Waals surface area contributed by atoms with Gasteiger partial charge in [-0.05, 0) is 23.6 Å². The SMILES string of the molecule is [Ir].c1ccc(-c2cc3ccccc3cn2)cc1.c1ccc2ncccc2c1. The van der Waals surface area contributed by atoms with Gasteiger partial charge < -0.3 is 0 Å². The molecule has 0 amide bonds. The first kappa shape index (κ1) is 18.9. The van der Waals surface area contributed by atoms with Crippen molar-refractivity contribution in [2.45, 2.75) is 0 Å². The predicted octanol–water partition coefficient (Wildman–Crippen LogP) is 6.13. The van der Waals surface area contributed by atoms with Gasteiger partial charge in [0, 0.05) is 48.8 Å². The van der Waals surface area contributed by atoms with E-state index in [2.05, 4.69) is 58.5 Å². The second kappa shape index (κ2) is 9.18. The van der Waals surface area contributed by atoms with Gasteiger partial charge in [-0.1, -0.05) is 78.9 Å². The van der Waals surface area contributed by atoms with Crippen molar-refractivity contribution >= 4 is 21.7 Å². The minimum absolute atomic E-state index is 0. The molecule has 0 atom stereocenters. The molecule has 0 fully saturated rings. The Morgan fingerprint density at radius 3 is 1.93 bits per heavy atom. The predicted molar refractivity (Wildman–Crippen MR) is 109 cm³/mol. The number of fused-ring (bicyclic) bond motifs is 2. The summed E-state index contributed by atoms with van der Waals surface area (Å²) in [5.74, 6) is 0. The minimum Gasteiger partial charge on any atom is -0.256 e. The molecule has 1 radical (unpaired) electrons. The maximum Gasteiger partial charge on any atom is 0.0708 e. The van der Waals surface area contributed by atoms with E-state index in [0.29, 0.717) is 0 Å². The van der Waals surface area contributed by atoms with Crippen LogP contribution in [0.2, 0.25) is 0 Å². The smallest absolute Gasteiger partial charge is 0.0708 e. The van der Waals surface area contributed by atoms with Crippen molar-refractivity contribution in [2.24, 2.45) is 0 Å². The standard InChI is InChI=1S/C15H11N.C9H7N.Ir/c1-2-6-12(7-3-1)15-10-13-8-4-5-9-14(13)11-16-15;1-2-6-9-8(4-1)5-3-7-10-9;/h1-11H;1-7H;. The van der Waals surface area contributed by atoms with Crippen LogP contribution in [0.3, 0.4) is 0 Å². The number of pyridine rings is 2. The molecule has 27 heavy (non-hydrogen) atoms. The number of hydrogen-bond donors (Lipinski definition) is 0. The molecule has 0 saturated heterocycles. The van der Waals surface area contributed by atoms with Gasteiger partial charge >= 0.3 is 0 Å². The fraction of sp³-hybridized carbons (Fsp3) is 0. The Kier molecular flexibility index (Phi) is 6.43. The first-order valence-electron chi connectivity index (χ1n) is 8.60. The third-order valence-electron chi connectivity index (χ3n) is 4.21. The van der Waals surface area contributed by atoms with Crippen LogP contribution in [0.1, 0.15) is 0 Å². The fourth-order valence-corrected chi connectivity index (χ4v) is 2.87. The summed E-state index contributed by atoms with van der Waals surface area (Å²) in [6, 6.07) is 32.7. The van der Waals surface area contributed by atoms with E-state index in [1.807, 2.05) is 60.9 Å². The van der Waals surface area contributed by atoms with Gasteiger partial charge in [-0.2, -0.15) is 0 Å². The Balaban J connectivity index is 0.000000166. The molecule has 2 nitrogen and oxygen atoms in total. The molecule has 0 N–H and O–H groups in total. The maximum absolute atomic E-state index is 4.48. The Morgan fingerprint density at radius 1 is 0.519 bits per heavy atom. The van der Waals surface area contributed by atoms with E-state index in [1.54, 1.807) is 0 Å². The summed E-state index contributed by atoms with van der Waals surface area (Å²) >= 11 is 0. The van der Waals surface area contributed by atoms with Crippen LogP contribution in [0.25, 0.3) is 32.9 Å². The van der Waals surface area contributed by atoms with Crippen molar-refractivity contribution in [3.05, 3.63) is 109 Å². The molecule has 0 aliphatic heterocycles. The van der Waals surface area contributed by atoms with Crippen molar-refractivity contribution in [3.63, 3.8) is 0 Å². The molecule has 3 heteroatoms. The molecule has 0 aliphatic carbocycles. The summed E-state index contributed by atoms with van der Waals surface area (Å²) in [5.41, 5.74) is 3.25. The summed E-state index contributed by atoms with van der Waals surface area (Å²) in [4.78, 5) is 8.66. The summed E-state index contributed by atoms with van der Waals surface area (Å²) in [5, 5.41) is 3.61. The zero-order chi connectivity index (χ0) is 17.6. The van der Waals surface area contributed by atoms with Gasteiger partial charge in [0.15, 0.2) is 0 Å². The van der Waals surface area contributed by atoms with E-state index < -0.39 is 0 Å². The number of nitrogens with zero attached hydrogens (tertiary/aromatic N) is 2. The second-order valence-electron chi connectivity index (χ2n) is 5.98. The zero-order valence-electron chi connectivity index (χ0n) is 14.6. The van der Waals surface area contributed by atoms with Gasteiger partial charge in [0.05, 0.1) is 11.2 Å². The fourth-order valence-electron chi connectivity index (χ4n) is 2.87. The first-order valence-corrected chi connectivity index (χ1v) is 8.60. The van der Waals surface area contributed by atoms with Crippen LogP contribution in [0.15, 0.2) is 109 Å². The third-order valence-corrected chi connectivity index (χ3v) is 4.21. The van der Waals surface area contributed by atoms with E-state index in [-0.39, 0.29) is 20.1 Å². The largest absolute Gasteiger partial charge is 0.256 e. The monoisotopic (exact) mass is 527 g/mol. The van der Waals surface area contributed by atoms with Crippen LogP contribution in [0.5, 0.6) is 0 Å². The molecule has 133 valence electrons. The van der Waals surface area contributed by atoms with Crippen molar-refractivity contribution in [1.82, 2.24) is 9.97 Å². The summed E-state index contributed by atoms with van der Waals surface area (Å²) in [6.45, 7) is 0. The van der Waals surface area contributed by atoms with E-state index >= 15 is 0 Å². The summed E-state index contributed by atoms with van der Waals surface area (Å²) < 4.78 is 0. The first-order chi connectivity index (χ1) is 12.9. The van der Waals surface area contributed by atoms with Crippen molar-refractivity contribution < 1.29 is 20.1 Å². The van der Waals surface area contributed by atoms with Crippen LogP contribution in [0.4, 0.5) is 0 Å². The summed E-state index contributed by atoms with van der Waals surface area (Å²) in [7, 11) is 0. The van der Waals surface area contributed by atoms with Gasteiger partial charge in [0.25, 0.3) is 0 Å². The minimum atomic E-state index is 0. The van der Waals surface area contributed by atoms with Crippen LogP contribution in [0, 0.1) is 0 Å². The van der Waals surface area contributed by atoms with Crippen LogP contribution in [-0.4, -0.2) is 9.97 Å². The van der Waals surface area contributed by atoms with Gasteiger partial charge in [-0.15, -0.1) is 0 Å². The number of hydrogen-bond acceptors (Lipinski definition) is 2. The Labute approximate surface area is 172 Å². The molecule has 2 heterocycles. The van der Waals surface area contributed by atoms with Crippen LogP contribution < -0.4 is 0 Å². The van der Waals surface area contributed by atoms with Gasteiger partial charge in [-0.25, -0.2) is 0 Å². The summed E-state index contributed by atoms with van der Waals surface area (Å²) in [6.07, 6.45) is 3.74. The van der Waals surface area contributed by atoms with Crippen molar-refractivity contribution in [1.29, 1.82) is 0 Å². The number of aromatic nitrogens is 2. The Bertz CT molecular complexity index is 1070. The molecule has 3 aromatic carbocycles. The molecule has 0 unspecified atom stereocenters. The molecule has 2 aromatic heterocycles. The molecule has 5 aromatic rings.